The van der Waals surface area contributed by atoms with Crippen molar-refractivity contribution >= 4 is 34.3 Å². The Morgan fingerprint density at radius 3 is 2.44 bits per heavy atom. The molecule has 0 aliphatic rings. The van der Waals surface area contributed by atoms with Crippen LogP contribution in [-0.2, 0) is 6.42 Å². The summed E-state index contributed by atoms with van der Waals surface area (Å²) in [5, 5.41) is 9.19. The molecule has 4 nitrogen and oxygen atoms in total. The van der Waals surface area contributed by atoms with E-state index in [1.165, 1.54) is 0 Å². The van der Waals surface area contributed by atoms with Gasteiger partial charge in [0.2, 0.25) is 0 Å². The summed E-state index contributed by atoms with van der Waals surface area (Å²) in [7, 11) is 0. The molecule has 0 saturated carbocycles. The van der Waals surface area contributed by atoms with Gasteiger partial charge in [-0.3, -0.25) is 4.79 Å². The van der Waals surface area contributed by atoms with E-state index < -0.39 is 0 Å². The molecule has 0 aliphatic carbocycles. The second-order valence-corrected chi connectivity index (χ2v) is 8.06. The number of hydrogen-bond acceptors (Lipinski definition) is 5. The third-order valence-electron chi connectivity index (χ3n) is 4.03. The number of nitrogens with one attached hydrogen (secondary N) is 1. The zero-order valence-corrected chi connectivity index (χ0v) is 16.3. The number of nitrogens with zero attached hydrogens (tertiary/aromatic N) is 2. The minimum Gasteiger partial charge on any atom is -0.322 e. The molecule has 0 saturated heterocycles. The topological polar surface area (TPSA) is 54.9 Å². The Morgan fingerprint density at radius 1 is 0.963 bits per heavy atom. The Kier molecular flexibility index (Phi) is 5.09. The van der Waals surface area contributed by atoms with Gasteiger partial charge in [-0.15, -0.1) is 22.7 Å². The Hall–Kier alpha value is -2.83. The van der Waals surface area contributed by atoms with E-state index in [1.54, 1.807) is 34.8 Å². The van der Waals surface area contributed by atoms with E-state index in [4.69, 9.17) is 4.98 Å². The average molecular weight is 392 g/mol. The fraction of sp³-hybridized carbons (Fsp3) is 0.0952. The maximum Gasteiger partial charge on any atom is 0.255 e. The van der Waals surface area contributed by atoms with E-state index in [0.717, 1.165) is 39.1 Å². The number of amides is 1. The summed E-state index contributed by atoms with van der Waals surface area (Å²) in [4.78, 5) is 21.4. The first-order valence-corrected chi connectivity index (χ1v) is 10.3. The summed E-state index contributed by atoms with van der Waals surface area (Å²) >= 11 is 3.31. The predicted octanol–water partition coefficient (Wildman–Crippen LogP) is 5.42. The van der Waals surface area contributed by atoms with Crippen molar-refractivity contribution in [1.29, 1.82) is 0 Å². The van der Waals surface area contributed by atoms with Gasteiger partial charge in [0.25, 0.3) is 5.91 Å². The van der Waals surface area contributed by atoms with Gasteiger partial charge in [0.15, 0.2) is 0 Å². The van der Waals surface area contributed by atoms with Crippen LogP contribution in [0.4, 0.5) is 5.69 Å². The molecule has 6 heteroatoms. The molecule has 0 aliphatic heterocycles. The molecule has 2 aromatic carbocycles. The molecule has 27 heavy (non-hydrogen) atoms. The van der Waals surface area contributed by atoms with Crippen LogP contribution >= 0.6 is 22.7 Å². The van der Waals surface area contributed by atoms with Crippen molar-refractivity contribution in [3.63, 3.8) is 0 Å². The van der Waals surface area contributed by atoms with E-state index in [0.29, 0.717) is 5.56 Å². The lowest BCUT2D eigenvalue weighted by molar-refractivity contribution is 0.102. The number of hydrogen-bond donors (Lipinski definition) is 1. The largest absolute Gasteiger partial charge is 0.322 e. The fourth-order valence-corrected chi connectivity index (χ4v) is 4.12. The van der Waals surface area contributed by atoms with Crippen LogP contribution in [0.3, 0.4) is 0 Å². The van der Waals surface area contributed by atoms with Crippen LogP contribution in [0.15, 0.2) is 65.4 Å². The van der Waals surface area contributed by atoms with Gasteiger partial charge in [-0.05, 0) is 31.2 Å². The molecular formula is C21H17N3OS2. The van der Waals surface area contributed by atoms with Gasteiger partial charge in [0, 0.05) is 34.0 Å². The summed E-state index contributed by atoms with van der Waals surface area (Å²) in [6, 6.07) is 16.9. The lowest BCUT2D eigenvalue weighted by Gasteiger charge is -2.06. The van der Waals surface area contributed by atoms with E-state index >= 15 is 0 Å². The molecular weight excluding hydrogens is 374 g/mol. The number of carbonyl (C=O) groups is 1. The number of benzene rings is 2. The average Bonchev–Trinajstić information content (AvgIpc) is 3.32. The quantitative estimate of drug-likeness (QED) is 0.494. The summed E-state index contributed by atoms with van der Waals surface area (Å²) < 4.78 is 0. The highest BCUT2D eigenvalue weighted by molar-refractivity contribution is 7.10. The minimum absolute atomic E-state index is 0.113. The van der Waals surface area contributed by atoms with Crippen LogP contribution in [0.25, 0.3) is 11.3 Å². The van der Waals surface area contributed by atoms with Crippen LogP contribution in [0, 0.1) is 6.92 Å². The van der Waals surface area contributed by atoms with Crippen LogP contribution < -0.4 is 5.32 Å². The first-order chi connectivity index (χ1) is 13.2. The number of rotatable bonds is 5. The monoisotopic (exact) mass is 391 g/mol. The molecule has 1 N–H and O–H groups in total. The third-order valence-corrected chi connectivity index (χ3v) is 5.70. The zero-order chi connectivity index (χ0) is 18.6. The van der Waals surface area contributed by atoms with Crippen LogP contribution in [0.2, 0.25) is 0 Å². The van der Waals surface area contributed by atoms with Crippen molar-refractivity contribution in [3.8, 4) is 11.3 Å². The predicted molar refractivity (Wildman–Crippen MR) is 112 cm³/mol. The van der Waals surface area contributed by atoms with E-state index in [-0.39, 0.29) is 5.91 Å². The number of carbonyl (C=O) groups excluding carboxylic acids is 1. The Bertz CT molecular complexity index is 1050. The van der Waals surface area contributed by atoms with Gasteiger partial charge < -0.3 is 5.32 Å². The number of anilines is 1. The Balaban J connectivity index is 1.44. The SMILES string of the molecule is Cc1nc(Cc2nc(-c3ccc(NC(=O)c4ccccc4)cc3)cs2)cs1. The minimum atomic E-state index is -0.113. The second kappa shape index (κ2) is 7.82. The standard InChI is InChI=1S/C21H17N3OS2/c1-14-22-18(12-26-14)11-20-24-19(13-27-20)15-7-9-17(10-8-15)23-21(25)16-5-3-2-4-6-16/h2-10,12-13H,11H2,1H3,(H,23,25). The lowest BCUT2D eigenvalue weighted by Crippen LogP contribution is -2.11. The van der Waals surface area contributed by atoms with E-state index in [1.807, 2.05) is 49.4 Å². The first kappa shape index (κ1) is 17.6. The van der Waals surface area contributed by atoms with Gasteiger partial charge in [-0.1, -0.05) is 30.3 Å². The van der Waals surface area contributed by atoms with Crippen molar-refractivity contribution in [2.24, 2.45) is 0 Å². The van der Waals surface area contributed by atoms with Crippen LogP contribution in [-0.4, -0.2) is 15.9 Å². The molecule has 4 aromatic rings. The maximum atomic E-state index is 12.2. The van der Waals surface area contributed by atoms with Gasteiger partial charge in [-0.25, -0.2) is 9.97 Å². The number of thiazole rings is 2. The first-order valence-electron chi connectivity index (χ1n) is 8.49. The molecule has 0 bridgehead atoms. The molecule has 2 aromatic heterocycles. The maximum absolute atomic E-state index is 12.2. The molecule has 2 heterocycles. The number of aryl methyl sites for hydroxylation is 1. The van der Waals surface area contributed by atoms with Crippen molar-refractivity contribution in [3.05, 3.63) is 86.6 Å². The summed E-state index contributed by atoms with van der Waals surface area (Å²) in [6.07, 6.45) is 0.764. The van der Waals surface area contributed by atoms with Crippen LogP contribution in [0.1, 0.15) is 26.1 Å². The van der Waals surface area contributed by atoms with Gasteiger partial charge >= 0.3 is 0 Å². The molecule has 0 unspecified atom stereocenters. The second-order valence-electron chi connectivity index (χ2n) is 6.06. The van der Waals surface area contributed by atoms with Crippen molar-refractivity contribution < 1.29 is 4.79 Å². The fourth-order valence-electron chi connectivity index (χ4n) is 2.69. The molecule has 0 spiro atoms. The molecule has 4 rings (SSSR count). The Labute approximate surface area is 165 Å². The highest BCUT2D eigenvalue weighted by atomic mass is 32.1. The lowest BCUT2D eigenvalue weighted by atomic mass is 10.1. The smallest absolute Gasteiger partial charge is 0.255 e. The van der Waals surface area contributed by atoms with Crippen molar-refractivity contribution in [2.45, 2.75) is 13.3 Å². The number of aromatic nitrogens is 2. The highest BCUT2D eigenvalue weighted by Crippen LogP contribution is 2.25. The summed E-state index contributed by atoms with van der Waals surface area (Å²) in [6.45, 7) is 2.01. The zero-order valence-electron chi connectivity index (χ0n) is 14.7. The summed E-state index contributed by atoms with van der Waals surface area (Å²) in [5.41, 5.74) is 4.45. The highest BCUT2D eigenvalue weighted by Gasteiger charge is 2.09. The molecule has 1 amide bonds. The Morgan fingerprint density at radius 2 is 1.74 bits per heavy atom. The van der Waals surface area contributed by atoms with E-state index in [2.05, 4.69) is 21.1 Å². The molecule has 0 fully saturated rings. The van der Waals surface area contributed by atoms with Crippen LogP contribution in [0.5, 0.6) is 0 Å². The molecule has 134 valence electrons. The van der Waals surface area contributed by atoms with Crippen molar-refractivity contribution in [1.82, 2.24) is 9.97 Å². The van der Waals surface area contributed by atoms with Gasteiger partial charge in [-0.2, -0.15) is 0 Å². The normalized spacial score (nSPS) is 10.7. The van der Waals surface area contributed by atoms with E-state index in [9.17, 15) is 4.79 Å². The van der Waals surface area contributed by atoms with Gasteiger partial charge in [0.05, 0.1) is 21.4 Å². The molecule has 0 radical (unpaired) electrons. The molecule has 0 atom stereocenters. The van der Waals surface area contributed by atoms with Gasteiger partial charge in [0.1, 0.15) is 0 Å². The summed E-state index contributed by atoms with van der Waals surface area (Å²) in [5.74, 6) is -0.113. The van der Waals surface area contributed by atoms with Crippen molar-refractivity contribution in [2.75, 3.05) is 5.32 Å². The third kappa shape index (κ3) is 4.30.